The van der Waals surface area contributed by atoms with Crippen LogP contribution in [0.5, 0.6) is 5.75 Å². The van der Waals surface area contributed by atoms with E-state index in [1.54, 1.807) is 67.6 Å². The highest BCUT2D eigenvalue weighted by atomic mass is 35.5. The zero-order chi connectivity index (χ0) is 30.2. The second-order valence-corrected chi connectivity index (χ2v) is 12.2. The van der Waals surface area contributed by atoms with E-state index in [1.165, 1.54) is 24.1 Å². The molecule has 220 valence electrons. The van der Waals surface area contributed by atoms with Gasteiger partial charge in [0.25, 0.3) is 10.0 Å². The minimum atomic E-state index is -4.21. The normalized spacial score (nSPS) is 12.7. The molecule has 3 rings (SSSR count). The Hall–Kier alpha value is -3.27. The fourth-order valence-corrected chi connectivity index (χ4v) is 6.03. The first kappa shape index (κ1) is 32.2. The lowest BCUT2D eigenvalue weighted by Gasteiger charge is -2.34. The van der Waals surface area contributed by atoms with Crippen molar-refractivity contribution in [3.8, 4) is 5.75 Å². The quantitative estimate of drug-likeness (QED) is 0.256. The van der Waals surface area contributed by atoms with E-state index in [0.717, 1.165) is 4.31 Å². The molecule has 3 aromatic carbocycles. The van der Waals surface area contributed by atoms with Crippen molar-refractivity contribution < 1.29 is 22.7 Å². The number of carbonyl (C=O) groups is 2. The Morgan fingerprint density at radius 2 is 1.59 bits per heavy atom. The molecule has 2 amide bonds. The second kappa shape index (κ2) is 14.6. The average molecular weight is 621 g/mol. The van der Waals surface area contributed by atoms with E-state index in [-0.39, 0.29) is 34.8 Å². The van der Waals surface area contributed by atoms with Crippen LogP contribution in [0, 0.1) is 0 Å². The van der Waals surface area contributed by atoms with Crippen molar-refractivity contribution in [2.75, 3.05) is 18.0 Å². The molecule has 0 unspecified atom stereocenters. The van der Waals surface area contributed by atoms with Gasteiger partial charge < -0.3 is 15.0 Å². The second-order valence-electron chi connectivity index (χ2n) is 9.51. The number of sulfonamides is 1. The van der Waals surface area contributed by atoms with E-state index in [0.29, 0.717) is 28.5 Å². The third-order valence-corrected chi connectivity index (χ3v) is 9.20. The van der Waals surface area contributed by atoms with Crippen LogP contribution in [0.2, 0.25) is 10.0 Å². The third-order valence-electron chi connectivity index (χ3n) is 6.69. The summed E-state index contributed by atoms with van der Waals surface area (Å²) in [4.78, 5) is 28.9. The molecular formula is C30H35Cl2N3O5S. The number of hydrogen-bond donors (Lipinski definition) is 1. The Labute approximate surface area is 252 Å². The van der Waals surface area contributed by atoms with Crippen molar-refractivity contribution >= 4 is 50.7 Å². The number of amides is 2. The molecule has 0 aliphatic rings. The molecule has 0 aliphatic carbocycles. The van der Waals surface area contributed by atoms with Gasteiger partial charge in [-0.05, 0) is 61.7 Å². The maximum atomic E-state index is 14.2. The monoisotopic (exact) mass is 619 g/mol. The van der Waals surface area contributed by atoms with E-state index in [2.05, 4.69) is 5.32 Å². The van der Waals surface area contributed by atoms with Crippen molar-refractivity contribution in [2.24, 2.45) is 0 Å². The van der Waals surface area contributed by atoms with Crippen LogP contribution in [-0.2, 0) is 26.2 Å². The first-order valence-corrected chi connectivity index (χ1v) is 15.5. The van der Waals surface area contributed by atoms with E-state index in [4.69, 9.17) is 27.9 Å². The number of para-hydroxylation sites is 2. The summed E-state index contributed by atoms with van der Waals surface area (Å²) in [6, 6.07) is 18.4. The SMILES string of the molecule is CC[C@@H](C)NC(=O)[C@@H](CC)N(Cc1ccc(Cl)c(Cl)c1)C(=O)CN(c1ccccc1OC)S(=O)(=O)c1ccccc1. The Kier molecular flexibility index (Phi) is 11.5. The summed E-state index contributed by atoms with van der Waals surface area (Å²) in [5, 5.41) is 3.60. The summed E-state index contributed by atoms with van der Waals surface area (Å²) in [5.74, 6) is -0.630. The van der Waals surface area contributed by atoms with E-state index in [1.807, 2.05) is 13.8 Å². The highest BCUT2D eigenvalue weighted by Crippen LogP contribution is 2.33. The van der Waals surface area contributed by atoms with E-state index in [9.17, 15) is 18.0 Å². The zero-order valence-electron chi connectivity index (χ0n) is 23.5. The molecule has 0 aliphatic heterocycles. The van der Waals surface area contributed by atoms with Gasteiger partial charge in [-0.3, -0.25) is 13.9 Å². The molecular weight excluding hydrogens is 585 g/mol. The number of ether oxygens (including phenoxy) is 1. The molecule has 0 fully saturated rings. The molecule has 1 N–H and O–H groups in total. The maximum absolute atomic E-state index is 14.2. The van der Waals surface area contributed by atoms with Crippen molar-refractivity contribution in [2.45, 2.75) is 57.1 Å². The predicted octanol–water partition coefficient (Wildman–Crippen LogP) is 5.92. The lowest BCUT2D eigenvalue weighted by atomic mass is 10.1. The summed E-state index contributed by atoms with van der Waals surface area (Å²) in [6.45, 7) is 5.06. The van der Waals surface area contributed by atoms with E-state index < -0.39 is 28.5 Å². The molecule has 0 saturated carbocycles. The number of rotatable bonds is 13. The van der Waals surface area contributed by atoms with Gasteiger partial charge in [-0.1, -0.05) is 73.4 Å². The topological polar surface area (TPSA) is 96.0 Å². The fraction of sp³-hybridized carbons (Fsp3) is 0.333. The number of anilines is 1. The molecule has 0 saturated heterocycles. The molecule has 41 heavy (non-hydrogen) atoms. The van der Waals surface area contributed by atoms with Crippen LogP contribution in [-0.4, -0.2) is 50.9 Å². The lowest BCUT2D eigenvalue weighted by molar-refractivity contribution is -0.140. The minimum Gasteiger partial charge on any atom is -0.495 e. The number of benzene rings is 3. The van der Waals surface area contributed by atoms with Crippen molar-refractivity contribution in [3.05, 3.63) is 88.4 Å². The number of carbonyl (C=O) groups excluding carboxylic acids is 2. The molecule has 2 atom stereocenters. The van der Waals surface area contributed by atoms with Crippen LogP contribution in [0.3, 0.4) is 0 Å². The van der Waals surface area contributed by atoms with Gasteiger partial charge in [-0.15, -0.1) is 0 Å². The lowest BCUT2D eigenvalue weighted by Crippen LogP contribution is -2.53. The molecule has 3 aromatic rings. The number of hydrogen-bond acceptors (Lipinski definition) is 5. The number of methoxy groups -OCH3 is 1. The summed E-state index contributed by atoms with van der Waals surface area (Å²) in [7, 11) is -2.78. The van der Waals surface area contributed by atoms with Gasteiger partial charge in [-0.25, -0.2) is 8.42 Å². The zero-order valence-corrected chi connectivity index (χ0v) is 25.8. The smallest absolute Gasteiger partial charge is 0.264 e. The Morgan fingerprint density at radius 3 is 2.20 bits per heavy atom. The summed E-state index contributed by atoms with van der Waals surface area (Å²) in [6.07, 6.45) is 1.01. The Balaban J connectivity index is 2.10. The molecule has 0 spiro atoms. The van der Waals surface area contributed by atoms with Crippen LogP contribution < -0.4 is 14.4 Å². The average Bonchev–Trinajstić information content (AvgIpc) is 2.97. The minimum absolute atomic E-state index is 0.00725. The van der Waals surface area contributed by atoms with Gasteiger partial charge in [0, 0.05) is 12.6 Å². The number of nitrogens with zero attached hydrogens (tertiary/aromatic N) is 2. The first-order valence-electron chi connectivity index (χ1n) is 13.3. The van der Waals surface area contributed by atoms with Gasteiger partial charge >= 0.3 is 0 Å². The fourth-order valence-electron chi connectivity index (χ4n) is 4.26. The van der Waals surface area contributed by atoms with Crippen molar-refractivity contribution in [3.63, 3.8) is 0 Å². The maximum Gasteiger partial charge on any atom is 0.264 e. The third kappa shape index (κ3) is 7.93. The van der Waals surface area contributed by atoms with Gasteiger partial charge in [0.2, 0.25) is 11.8 Å². The van der Waals surface area contributed by atoms with Crippen molar-refractivity contribution in [1.29, 1.82) is 0 Å². The number of nitrogens with one attached hydrogen (secondary N) is 1. The van der Waals surface area contributed by atoms with E-state index >= 15 is 0 Å². The highest BCUT2D eigenvalue weighted by Gasteiger charge is 2.35. The van der Waals surface area contributed by atoms with Crippen LogP contribution in [0.4, 0.5) is 5.69 Å². The van der Waals surface area contributed by atoms with Crippen LogP contribution in [0.15, 0.2) is 77.7 Å². The Morgan fingerprint density at radius 1 is 0.927 bits per heavy atom. The van der Waals surface area contributed by atoms with Crippen LogP contribution in [0.1, 0.15) is 39.2 Å². The first-order chi connectivity index (χ1) is 19.5. The Bertz CT molecular complexity index is 1450. The standard InChI is InChI=1S/C30H35Cl2N3O5S/c1-5-21(3)33-30(37)26(6-2)34(19-22-16-17-24(31)25(32)18-22)29(36)20-35(27-14-10-11-15-28(27)40-4)41(38,39)23-12-8-7-9-13-23/h7-18,21,26H,5-6,19-20H2,1-4H3,(H,33,37)/t21-,26-/m1/s1. The van der Waals surface area contributed by atoms with Crippen molar-refractivity contribution in [1.82, 2.24) is 10.2 Å². The predicted molar refractivity (Wildman–Crippen MR) is 163 cm³/mol. The highest BCUT2D eigenvalue weighted by molar-refractivity contribution is 7.92. The van der Waals surface area contributed by atoms with Crippen LogP contribution >= 0.6 is 23.2 Å². The summed E-state index contributed by atoms with van der Waals surface area (Å²) < 4.78 is 34.4. The summed E-state index contributed by atoms with van der Waals surface area (Å²) >= 11 is 12.4. The molecule has 0 heterocycles. The summed E-state index contributed by atoms with van der Waals surface area (Å²) in [5.41, 5.74) is 0.830. The van der Waals surface area contributed by atoms with Gasteiger partial charge in [-0.2, -0.15) is 0 Å². The van der Waals surface area contributed by atoms with Gasteiger partial charge in [0.1, 0.15) is 18.3 Å². The molecule has 0 bridgehead atoms. The van der Waals surface area contributed by atoms with Gasteiger partial charge in [0.05, 0.1) is 27.7 Å². The number of halogens is 2. The van der Waals surface area contributed by atoms with Crippen LogP contribution in [0.25, 0.3) is 0 Å². The van der Waals surface area contributed by atoms with Gasteiger partial charge in [0.15, 0.2) is 0 Å². The molecule has 11 heteroatoms. The molecule has 0 aromatic heterocycles. The molecule has 0 radical (unpaired) electrons. The largest absolute Gasteiger partial charge is 0.495 e. The molecule has 8 nitrogen and oxygen atoms in total.